The number of amides is 1. The van der Waals surface area contributed by atoms with Crippen LogP contribution >= 0.6 is 0 Å². The Morgan fingerprint density at radius 1 is 1.11 bits per heavy atom. The maximum absolute atomic E-state index is 12.3. The van der Waals surface area contributed by atoms with Gasteiger partial charge in [0.15, 0.2) is 11.5 Å². The normalized spacial score (nSPS) is 11.8. The van der Waals surface area contributed by atoms with Gasteiger partial charge in [0.05, 0.1) is 5.39 Å². The topological polar surface area (TPSA) is 85.6 Å². The van der Waals surface area contributed by atoms with E-state index in [4.69, 9.17) is 9.15 Å². The molecular formula is C22H21NO5. The number of carbonyl (C=O) groups excluding carboxylic acids is 2. The molecule has 1 heterocycles. The highest BCUT2D eigenvalue weighted by atomic mass is 16.6. The summed E-state index contributed by atoms with van der Waals surface area (Å²) in [4.78, 5) is 36.6. The van der Waals surface area contributed by atoms with Gasteiger partial charge in [0, 0.05) is 12.6 Å². The molecule has 3 rings (SSSR count). The van der Waals surface area contributed by atoms with Gasteiger partial charge in [-0.15, -0.1) is 0 Å². The summed E-state index contributed by atoms with van der Waals surface area (Å²) in [5.74, 6) is -1.50. The Morgan fingerprint density at radius 2 is 1.86 bits per heavy atom. The van der Waals surface area contributed by atoms with Crippen LogP contribution in [0, 0.1) is 6.92 Å². The van der Waals surface area contributed by atoms with E-state index in [1.165, 1.54) is 6.92 Å². The van der Waals surface area contributed by atoms with Crippen LogP contribution in [0.25, 0.3) is 11.0 Å². The number of rotatable bonds is 6. The van der Waals surface area contributed by atoms with E-state index in [1.54, 1.807) is 18.2 Å². The predicted octanol–water partition coefficient (Wildman–Crippen LogP) is 3.01. The molecule has 0 aliphatic carbocycles. The summed E-state index contributed by atoms with van der Waals surface area (Å²) >= 11 is 0. The molecule has 6 heteroatoms. The Kier molecular flexibility index (Phi) is 5.89. The summed E-state index contributed by atoms with van der Waals surface area (Å²) in [6.07, 6.45) is -0.339. The third-order valence-corrected chi connectivity index (χ3v) is 4.29. The Balaban J connectivity index is 1.60. The van der Waals surface area contributed by atoms with Gasteiger partial charge in [-0.05, 0) is 38.0 Å². The minimum Gasteiger partial charge on any atom is -0.449 e. The lowest BCUT2D eigenvalue weighted by Gasteiger charge is -2.13. The molecule has 0 aliphatic rings. The summed E-state index contributed by atoms with van der Waals surface area (Å²) in [7, 11) is 0. The highest BCUT2D eigenvalue weighted by Crippen LogP contribution is 2.15. The number of hydrogen-bond donors (Lipinski definition) is 1. The van der Waals surface area contributed by atoms with Gasteiger partial charge in [0.25, 0.3) is 5.91 Å². The fourth-order valence-electron chi connectivity index (χ4n) is 2.76. The number of ether oxygens (including phenoxy) is 1. The van der Waals surface area contributed by atoms with E-state index in [9.17, 15) is 14.4 Å². The number of fused-ring (bicyclic) bond motifs is 1. The standard InChI is InChI=1S/C22H21NO5/c1-14-8-9-19-17(12-14)18(24)13-20(28-19)22(26)27-15(2)21(25)23-11-10-16-6-4-3-5-7-16/h3-9,12-13,15H,10-11H2,1-2H3,(H,23,25)/t15-/m1/s1. The fraction of sp³-hybridized carbons (Fsp3) is 0.227. The molecule has 0 saturated heterocycles. The maximum Gasteiger partial charge on any atom is 0.375 e. The molecule has 2 aromatic carbocycles. The molecule has 0 fully saturated rings. The summed E-state index contributed by atoms with van der Waals surface area (Å²) in [6.45, 7) is 3.76. The van der Waals surface area contributed by atoms with Crippen LogP contribution in [0.15, 0.2) is 63.8 Å². The molecule has 0 unspecified atom stereocenters. The molecule has 0 spiro atoms. The SMILES string of the molecule is Cc1ccc2oc(C(=O)O[C@H](C)C(=O)NCCc3ccccc3)cc(=O)c2c1. The van der Waals surface area contributed by atoms with E-state index in [0.717, 1.165) is 17.2 Å². The Hall–Kier alpha value is -3.41. The summed E-state index contributed by atoms with van der Waals surface area (Å²) in [5.41, 5.74) is 1.97. The first-order valence-corrected chi connectivity index (χ1v) is 9.01. The molecule has 28 heavy (non-hydrogen) atoms. The molecule has 3 aromatic rings. The van der Waals surface area contributed by atoms with Crippen LogP contribution < -0.4 is 10.7 Å². The lowest BCUT2D eigenvalue weighted by Crippen LogP contribution is -2.37. The van der Waals surface area contributed by atoms with Crippen molar-refractivity contribution in [2.24, 2.45) is 0 Å². The van der Waals surface area contributed by atoms with Gasteiger partial charge in [0.2, 0.25) is 5.76 Å². The second-order valence-electron chi connectivity index (χ2n) is 6.55. The van der Waals surface area contributed by atoms with Gasteiger partial charge in [-0.2, -0.15) is 0 Å². The van der Waals surface area contributed by atoms with Crippen molar-refractivity contribution in [3.05, 3.63) is 81.7 Å². The van der Waals surface area contributed by atoms with Crippen LogP contribution in [0.3, 0.4) is 0 Å². The van der Waals surface area contributed by atoms with Crippen LogP contribution in [0.5, 0.6) is 0 Å². The molecule has 144 valence electrons. The van der Waals surface area contributed by atoms with Gasteiger partial charge < -0.3 is 14.5 Å². The molecule has 1 N–H and O–H groups in total. The number of nitrogens with one attached hydrogen (secondary N) is 1. The predicted molar refractivity (Wildman–Crippen MR) is 105 cm³/mol. The first-order chi connectivity index (χ1) is 13.4. The van der Waals surface area contributed by atoms with Crippen LogP contribution in [-0.4, -0.2) is 24.5 Å². The van der Waals surface area contributed by atoms with Gasteiger partial charge in [0.1, 0.15) is 5.58 Å². The second-order valence-corrected chi connectivity index (χ2v) is 6.55. The van der Waals surface area contributed by atoms with Gasteiger partial charge >= 0.3 is 5.97 Å². The van der Waals surface area contributed by atoms with Crippen molar-refractivity contribution in [3.8, 4) is 0 Å². The molecule has 0 aliphatic heterocycles. The number of esters is 1. The Labute approximate surface area is 162 Å². The van der Waals surface area contributed by atoms with E-state index in [-0.39, 0.29) is 11.2 Å². The van der Waals surface area contributed by atoms with Gasteiger partial charge in [-0.1, -0.05) is 42.0 Å². The number of benzene rings is 2. The molecule has 0 saturated carbocycles. The van der Waals surface area contributed by atoms with Crippen molar-refractivity contribution in [2.75, 3.05) is 6.54 Å². The molecule has 1 aromatic heterocycles. The summed E-state index contributed by atoms with van der Waals surface area (Å²) in [5, 5.41) is 3.12. The van der Waals surface area contributed by atoms with Crippen molar-refractivity contribution in [1.29, 1.82) is 0 Å². The Morgan fingerprint density at radius 3 is 2.61 bits per heavy atom. The van der Waals surface area contributed by atoms with Crippen molar-refractivity contribution in [1.82, 2.24) is 5.32 Å². The zero-order valence-electron chi connectivity index (χ0n) is 15.7. The maximum atomic E-state index is 12.3. The van der Waals surface area contributed by atoms with Crippen molar-refractivity contribution >= 4 is 22.8 Å². The van der Waals surface area contributed by atoms with Crippen molar-refractivity contribution in [3.63, 3.8) is 0 Å². The highest BCUT2D eigenvalue weighted by Gasteiger charge is 2.21. The molecule has 1 amide bonds. The zero-order valence-corrected chi connectivity index (χ0v) is 15.7. The number of carbonyl (C=O) groups is 2. The van der Waals surface area contributed by atoms with E-state index < -0.39 is 18.0 Å². The minimum absolute atomic E-state index is 0.231. The first-order valence-electron chi connectivity index (χ1n) is 9.01. The number of hydrogen-bond acceptors (Lipinski definition) is 5. The monoisotopic (exact) mass is 379 g/mol. The molecule has 0 bridgehead atoms. The van der Waals surface area contributed by atoms with Gasteiger partial charge in [-0.25, -0.2) is 4.79 Å². The van der Waals surface area contributed by atoms with E-state index in [1.807, 2.05) is 37.3 Å². The third kappa shape index (κ3) is 4.65. The van der Waals surface area contributed by atoms with Crippen LogP contribution in [0.4, 0.5) is 0 Å². The molecule has 1 atom stereocenters. The minimum atomic E-state index is -1.01. The second kappa shape index (κ2) is 8.52. The lowest BCUT2D eigenvalue weighted by molar-refractivity contribution is -0.129. The van der Waals surface area contributed by atoms with E-state index >= 15 is 0 Å². The van der Waals surface area contributed by atoms with Crippen molar-refractivity contribution < 1.29 is 18.7 Å². The average Bonchev–Trinajstić information content (AvgIpc) is 2.69. The fourth-order valence-corrected chi connectivity index (χ4v) is 2.76. The smallest absolute Gasteiger partial charge is 0.375 e. The number of aryl methyl sites for hydroxylation is 1. The quantitative estimate of drug-likeness (QED) is 0.666. The highest BCUT2D eigenvalue weighted by molar-refractivity contribution is 5.91. The Bertz CT molecular complexity index is 1060. The first kappa shape index (κ1) is 19.4. The largest absolute Gasteiger partial charge is 0.449 e. The van der Waals surface area contributed by atoms with Crippen LogP contribution in [0.2, 0.25) is 0 Å². The summed E-state index contributed by atoms with van der Waals surface area (Å²) in [6, 6.07) is 15.9. The molecule has 0 radical (unpaired) electrons. The zero-order chi connectivity index (χ0) is 20.1. The average molecular weight is 379 g/mol. The van der Waals surface area contributed by atoms with Gasteiger partial charge in [-0.3, -0.25) is 9.59 Å². The summed E-state index contributed by atoms with van der Waals surface area (Å²) < 4.78 is 10.6. The van der Waals surface area contributed by atoms with Crippen LogP contribution in [-0.2, 0) is 16.0 Å². The van der Waals surface area contributed by atoms with Crippen LogP contribution in [0.1, 0.15) is 28.6 Å². The van der Waals surface area contributed by atoms with E-state index in [2.05, 4.69) is 5.32 Å². The van der Waals surface area contributed by atoms with E-state index in [0.29, 0.717) is 23.9 Å². The molecule has 6 nitrogen and oxygen atoms in total. The lowest BCUT2D eigenvalue weighted by atomic mass is 10.1. The molecular weight excluding hydrogens is 358 g/mol. The van der Waals surface area contributed by atoms with Crippen molar-refractivity contribution in [2.45, 2.75) is 26.4 Å². The third-order valence-electron chi connectivity index (χ3n) is 4.29.